The van der Waals surface area contributed by atoms with Crippen LogP contribution in [0.4, 0.5) is 10.1 Å². The van der Waals surface area contributed by atoms with Gasteiger partial charge in [-0.25, -0.2) is 4.39 Å². The maximum absolute atomic E-state index is 13.0. The van der Waals surface area contributed by atoms with E-state index in [1.54, 1.807) is 0 Å². The second-order valence-electron chi connectivity index (χ2n) is 3.68. The molecule has 1 amide bonds. The van der Waals surface area contributed by atoms with E-state index in [2.05, 4.69) is 26.6 Å². The molecule has 1 fully saturated rings. The number of hydrogen-bond donors (Lipinski definition) is 2. The number of halogens is 2. The van der Waals surface area contributed by atoms with Gasteiger partial charge in [0.15, 0.2) is 0 Å². The van der Waals surface area contributed by atoms with Gasteiger partial charge in [-0.1, -0.05) is 0 Å². The normalized spacial score (nSPS) is 20.0. The van der Waals surface area contributed by atoms with E-state index in [9.17, 15) is 9.18 Å². The van der Waals surface area contributed by atoms with Crippen molar-refractivity contribution in [1.29, 1.82) is 0 Å². The first-order chi connectivity index (χ1) is 8.16. The van der Waals surface area contributed by atoms with E-state index >= 15 is 0 Å². The van der Waals surface area contributed by atoms with Crippen LogP contribution in [0.25, 0.3) is 0 Å². The summed E-state index contributed by atoms with van der Waals surface area (Å²) < 4.78 is 18.6. The van der Waals surface area contributed by atoms with Crippen LogP contribution in [0, 0.1) is 5.82 Å². The van der Waals surface area contributed by atoms with E-state index in [0.717, 1.165) is 6.54 Å². The average Bonchev–Trinajstić information content (AvgIpc) is 2.35. The molecule has 1 saturated heterocycles. The Morgan fingerprint density at radius 3 is 3.06 bits per heavy atom. The Kier molecular flexibility index (Phi) is 4.09. The van der Waals surface area contributed by atoms with Crippen LogP contribution >= 0.6 is 15.9 Å². The molecule has 0 spiro atoms. The largest absolute Gasteiger partial charge is 0.366 e. The lowest BCUT2D eigenvalue weighted by molar-refractivity contribution is -0.128. The van der Waals surface area contributed by atoms with E-state index in [4.69, 9.17) is 4.74 Å². The molecule has 1 aromatic rings. The summed E-state index contributed by atoms with van der Waals surface area (Å²) in [5, 5.41) is 5.75. The van der Waals surface area contributed by atoms with Gasteiger partial charge in [-0.3, -0.25) is 4.79 Å². The number of amides is 1. The molecule has 17 heavy (non-hydrogen) atoms. The number of benzene rings is 1. The fourth-order valence-electron chi connectivity index (χ4n) is 1.53. The van der Waals surface area contributed by atoms with Crippen molar-refractivity contribution in [3.8, 4) is 0 Å². The summed E-state index contributed by atoms with van der Waals surface area (Å²) in [4.78, 5) is 11.8. The SMILES string of the molecule is O=C(Nc1ccc(F)c(Br)c1)C1CNCCO1. The molecule has 0 aliphatic carbocycles. The third-order valence-corrected chi connectivity index (χ3v) is 3.01. The molecule has 1 aliphatic heterocycles. The van der Waals surface area contributed by atoms with Gasteiger partial charge < -0.3 is 15.4 Å². The van der Waals surface area contributed by atoms with Crippen LogP contribution in [0.15, 0.2) is 22.7 Å². The number of carbonyl (C=O) groups is 1. The molecular formula is C11H12BrFN2O2. The maximum atomic E-state index is 13.0. The molecule has 2 rings (SSSR count). The van der Waals surface area contributed by atoms with Crippen molar-refractivity contribution in [2.75, 3.05) is 25.0 Å². The Morgan fingerprint density at radius 1 is 1.59 bits per heavy atom. The van der Waals surface area contributed by atoms with Gasteiger partial charge >= 0.3 is 0 Å². The first-order valence-electron chi connectivity index (χ1n) is 5.25. The van der Waals surface area contributed by atoms with Crippen molar-refractivity contribution in [3.05, 3.63) is 28.5 Å². The third kappa shape index (κ3) is 3.24. The molecule has 1 unspecified atom stereocenters. The molecule has 1 aromatic carbocycles. The Labute approximate surface area is 107 Å². The van der Waals surface area contributed by atoms with Crippen molar-refractivity contribution >= 4 is 27.5 Å². The number of nitrogens with one attached hydrogen (secondary N) is 2. The molecule has 0 bridgehead atoms. The first-order valence-corrected chi connectivity index (χ1v) is 6.04. The minimum atomic E-state index is -0.493. The summed E-state index contributed by atoms with van der Waals surface area (Å²) >= 11 is 3.06. The van der Waals surface area contributed by atoms with Crippen molar-refractivity contribution in [2.45, 2.75) is 6.10 Å². The summed E-state index contributed by atoms with van der Waals surface area (Å²) in [7, 11) is 0. The summed E-state index contributed by atoms with van der Waals surface area (Å²) in [6.45, 7) is 1.77. The fraction of sp³-hybridized carbons (Fsp3) is 0.364. The van der Waals surface area contributed by atoms with Crippen molar-refractivity contribution in [1.82, 2.24) is 5.32 Å². The third-order valence-electron chi connectivity index (χ3n) is 2.41. The van der Waals surface area contributed by atoms with Crippen LogP contribution in [-0.2, 0) is 9.53 Å². The number of rotatable bonds is 2. The van der Waals surface area contributed by atoms with Crippen LogP contribution in [0.3, 0.4) is 0 Å². The zero-order valence-corrected chi connectivity index (χ0v) is 10.6. The molecule has 0 saturated carbocycles. The van der Waals surface area contributed by atoms with E-state index in [0.29, 0.717) is 23.3 Å². The lowest BCUT2D eigenvalue weighted by Gasteiger charge is -2.22. The molecule has 1 atom stereocenters. The zero-order chi connectivity index (χ0) is 12.3. The summed E-state index contributed by atoms with van der Waals surface area (Å²) in [6, 6.07) is 4.32. The highest BCUT2D eigenvalue weighted by Crippen LogP contribution is 2.20. The summed E-state index contributed by atoms with van der Waals surface area (Å²) in [5.41, 5.74) is 0.539. The minimum Gasteiger partial charge on any atom is -0.366 e. The molecule has 92 valence electrons. The van der Waals surface area contributed by atoms with Crippen molar-refractivity contribution < 1.29 is 13.9 Å². The Hall–Kier alpha value is -0.980. The molecule has 0 radical (unpaired) electrons. The zero-order valence-electron chi connectivity index (χ0n) is 9.00. The van der Waals surface area contributed by atoms with Gasteiger partial charge in [0.1, 0.15) is 11.9 Å². The van der Waals surface area contributed by atoms with Crippen LogP contribution in [-0.4, -0.2) is 31.7 Å². The van der Waals surface area contributed by atoms with Crippen LogP contribution in [0.1, 0.15) is 0 Å². The van der Waals surface area contributed by atoms with Gasteiger partial charge in [0.2, 0.25) is 0 Å². The molecule has 0 aromatic heterocycles. The second kappa shape index (κ2) is 5.57. The van der Waals surface area contributed by atoms with Crippen LogP contribution < -0.4 is 10.6 Å². The minimum absolute atomic E-state index is 0.226. The second-order valence-corrected chi connectivity index (χ2v) is 4.54. The topological polar surface area (TPSA) is 50.4 Å². The van der Waals surface area contributed by atoms with Crippen LogP contribution in [0.2, 0.25) is 0 Å². The Balaban J connectivity index is 1.99. The van der Waals surface area contributed by atoms with Gasteiger partial charge in [0.05, 0.1) is 11.1 Å². The van der Waals surface area contributed by atoms with E-state index in [1.807, 2.05) is 0 Å². The maximum Gasteiger partial charge on any atom is 0.254 e. The lowest BCUT2D eigenvalue weighted by atomic mass is 10.2. The highest BCUT2D eigenvalue weighted by molar-refractivity contribution is 9.10. The molecule has 1 aliphatic rings. The summed E-state index contributed by atoms with van der Waals surface area (Å²) in [5.74, 6) is -0.589. The van der Waals surface area contributed by atoms with E-state index in [-0.39, 0.29) is 11.7 Å². The lowest BCUT2D eigenvalue weighted by Crippen LogP contribution is -2.45. The van der Waals surface area contributed by atoms with Gasteiger partial charge in [-0.05, 0) is 34.1 Å². The molecule has 6 heteroatoms. The summed E-state index contributed by atoms with van der Waals surface area (Å²) in [6.07, 6.45) is -0.493. The van der Waals surface area contributed by atoms with E-state index < -0.39 is 6.10 Å². The van der Waals surface area contributed by atoms with Gasteiger partial charge in [-0.2, -0.15) is 0 Å². The number of hydrogen-bond acceptors (Lipinski definition) is 3. The average molecular weight is 303 g/mol. The predicted molar refractivity (Wildman–Crippen MR) is 65.3 cm³/mol. The van der Waals surface area contributed by atoms with Crippen molar-refractivity contribution in [3.63, 3.8) is 0 Å². The van der Waals surface area contributed by atoms with Gasteiger partial charge in [0, 0.05) is 18.8 Å². The highest BCUT2D eigenvalue weighted by Gasteiger charge is 2.21. The number of carbonyl (C=O) groups excluding carboxylic acids is 1. The monoisotopic (exact) mass is 302 g/mol. The van der Waals surface area contributed by atoms with Crippen molar-refractivity contribution in [2.24, 2.45) is 0 Å². The molecular weight excluding hydrogens is 291 g/mol. The highest BCUT2D eigenvalue weighted by atomic mass is 79.9. The number of morpholine rings is 1. The molecule has 1 heterocycles. The van der Waals surface area contributed by atoms with Gasteiger partial charge in [0.25, 0.3) is 5.91 Å². The predicted octanol–water partition coefficient (Wildman–Crippen LogP) is 1.52. The Morgan fingerprint density at radius 2 is 2.41 bits per heavy atom. The quantitative estimate of drug-likeness (QED) is 0.871. The molecule has 2 N–H and O–H groups in total. The van der Waals surface area contributed by atoms with E-state index in [1.165, 1.54) is 18.2 Å². The fourth-order valence-corrected chi connectivity index (χ4v) is 1.91. The number of anilines is 1. The Bertz CT molecular complexity index is 422. The first kappa shape index (κ1) is 12.5. The number of ether oxygens (including phenoxy) is 1. The standard InChI is InChI=1S/C11H12BrFN2O2/c12-8-5-7(1-2-9(8)13)15-11(16)10-6-14-3-4-17-10/h1-2,5,10,14H,3-4,6H2,(H,15,16). The molecule has 4 nitrogen and oxygen atoms in total. The smallest absolute Gasteiger partial charge is 0.254 e. The van der Waals surface area contributed by atoms with Crippen LogP contribution in [0.5, 0.6) is 0 Å². The van der Waals surface area contributed by atoms with Gasteiger partial charge in [-0.15, -0.1) is 0 Å².